The zero-order valence-electron chi connectivity index (χ0n) is 28.3. The van der Waals surface area contributed by atoms with E-state index in [0.29, 0.717) is 53.2 Å². The normalized spacial score (nSPS) is 24.2. The second-order valence-corrected chi connectivity index (χ2v) is 14.4. The summed E-state index contributed by atoms with van der Waals surface area (Å²) in [5, 5.41) is 17.5. The van der Waals surface area contributed by atoms with Gasteiger partial charge < -0.3 is 15.0 Å². The van der Waals surface area contributed by atoms with E-state index in [1.165, 1.54) is 0 Å². The number of aromatic nitrogens is 6. The lowest BCUT2D eigenvalue weighted by atomic mass is 9.94. The molecule has 264 valence electrons. The number of carbonyl (C=O) groups excluding carboxylic acids is 4. The molecular weight excluding hydrogens is 654 g/mol. The molecule has 3 N–H and O–H groups in total. The molecule has 3 aromatic heterocycles. The average Bonchev–Trinajstić information content (AvgIpc) is 3.89. The minimum Gasteiger partial charge on any atom is -0.484 e. The molecule has 1 aliphatic carbocycles. The van der Waals surface area contributed by atoms with Crippen LogP contribution in [-0.2, 0) is 22.7 Å². The quantitative estimate of drug-likeness (QED) is 0.217. The highest BCUT2D eigenvalue weighted by molar-refractivity contribution is 6.23. The molecule has 9 rings (SSSR count). The van der Waals surface area contributed by atoms with Crippen LogP contribution in [0.25, 0.3) is 16.9 Å². The maximum Gasteiger partial charge on any atom is 0.262 e. The average molecular weight is 694 g/mol. The fourth-order valence-corrected chi connectivity index (χ4v) is 7.94. The molecule has 1 saturated carbocycles. The molecule has 5 aliphatic rings. The highest BCUT2D eigenvalue weighted by atomic mass is 16.5. The van der Waals surface area contributed by atoms with E-state index in [-0.39, 0.29) is 30.9 Å². The minimum absolute atomic E-state index is 0.102. The molecular formula is C35H39N11O5. The van der Waals surface area contributed by atoms with Crippen LogP contribution in [0.3, 0.4) is 0 Å². The Balaban J connectivity index is 0.806. The van der Waals surface area contributed by atoms with Crippen molar-refractivity contribution in [1.29, 1.82) is 0 Å². The van der Waals surface area contributed by atoms with Gasteiger partial charge in [0.25, 0.3) is 11.8 Å². The second kappa shape index (κ2) is 12.5. The number of amides is 4. The molecule has 16 heteroatoms. The number of hydrogen-bond acceptors (Lipinski definition) is 12. The topological polar surface area (TPSA) is 183 Å². The number of anilines is 1. The van der Waals surface area contributed by atoms with Crippen LogP contribution in [0.4, 0.5) is 5.95 Å². The number of hydrogen-bond donors (Lipinski definition) is 3. The van der Waals surface area contributed by atoms with Crippen LogP contribution in [0.5, 0.6) is 5.75 Å². The number of fused-ring (bicyclic) bond motifs is 3. The number of nitrogens with zero attached hydrogens (tertiary/aromatic N) is 8. The molecule has 4 amide bonds. The van der Waals surface area contributed by atoms with E-state index in [4.69, 9.17) is 14.8 Å². The van der Waals surface area contributed by atoms with Crippen molar-refractivity contribution in [3.05, 3.63) is 53.1 Å². The van der Waals surface area contributed by atoms with Crippen LogP contribution in [0.2, 0.25) is 0 Å². The van der Waals surface area contributed by atoms with Gasteiger partial charge in [-0.1, -0.05) is 6.92 Å². The summed E-state index contributed by atoms with van der Waals surface area (Å²) >= 11 is 0. The maximum atomic E-state index is 13.3. The van der Waals surface area contributed by atoms with E-state index in [2.05, 4.69) is 42.5 Å². The van der Waals surface area contributed by atoms with E-state index in [9.17, 15) is 19.2 Å². The summed E-state index contributed by atoms with van der Waals surface area (Å²) < 4.78 is 8.07. The monoisotopic (exact) mass is 693 g/mol. The summed E-state index contributed by atoms with van der Waals surface area (Å²) in [6.07, 6.45) is 9.75. The summed E-state index contributed by atoms with van der Waals surface area (Å²) in [7, 11) is 0. The SMILES string of the molecule is C[C@@H]1CN(CCN2Cc3cc4c(cc3C2)C(=O)N(C2CCC(=O)NC2=O)C4=O)CC[C@@H]1Nc1nc2c(OC3CCC3)c(-c3cn[nH]c3)ncn2n1. The van der Waals surface area contributed by atoms with Gasteiger partial charge in [-0.25, -0.2) is 4.98 Å². The molecule has 2 saturated heterocycles. The lowest BCUT2D eigenvalue weighted by molar-refractivity contribution is -0.136. The zero-order chi connectivity index (χ0) is 34.8. The second-order valence-electron chi connectivity index (χ2n) is 14.4. The third-order valence-electron chi connectivity index (χ3n) is 11.0. The molecule has 7 heterocycles. The molecule has 0 radical (unpaired) electrons. The maximum absolute atomic E-state index is 13.3. The van der Waals surface area contributed by atoms with Gasteiger partial charge in [0.2, 0.25) is 23.4 Å². The van der Waals surface area contributed by atoms with Crippen LogP contribution in [0.1, 0.15) is 77.3 Å². The molecule has 0 bridgehead atoms. The molecule has 4 aromatic rings. The van der Waals surface area contributed by atoms with Gasteiger partial charge in [-0.2, -0.15) is 14.6 Å². The van der Waals surface area contributed by atoms with Crippen LogP contribution >= 0.6 is 0 Å². The molecule has 1 unspecified atom stereocenters. The summed E-state index contributed by atoms with van der Waals surface area (Å²) in [4.78, 5) is 66.0. The van der Waals surface area contributed by atoms with Crippen molar-refractivity contribution < 1.29 is 23.9 Å². The molecule has 51 heavy (non-hydrogen) atoms. The van der Waals surface area contributed by atoms with Gasteiger partial charge in [-0.05, 0) is 61.3 Å². The molecule has 3 fully saturated rings. The largest absolute Gasteiger partial charge is 0.484 e. The van der Waals surface area contributed by atoms with Crippen LogP contribution in [0.15, 0.2) is 30.9 Å². The fourth-order valence-electron chi connectivity index (χ4n) is 7.94. The smallest absolute Gasteiger partial charge is 0.262 e. The van der Waals surface area contributed by atoms with Crippen molar-refractivity contribution in [2.45, 2.75) is 76.7 Å². The summed E-state index contributed by atoms with van der Waals surface area (Å²) in [5.74, 6) is -0.357. The standard InChI is InChI=1S/C35H39N11O5/c1-19-15-43(8-7-26(19)39-35-41-31-30(51-23-3-2-4-23)29(22-13-37-38-14-22)36-18-45(31)42-35)9-10-44-16-20-11-24-25(12-21(20)17-44)34(50)46(33(24)49)27-5-6-28(47)40-32(27)48/h11-14,18-19,23,26-27H,2-10,15-17H2,1H3,(H,37,38)(H,39,42)(H,40,47,48)/t19-,26+,27?/m1/s1. The Morgan fingerprint density at radius 2 is 1.75 bits per heavy atom. The molecule has 0 spiro atoms. The van der Waals surface area contributed by atoms with Gasteiger partial charge in [0.1, 0.15) is 18.1 Å². The highest BCUT2D eigenvalue weighted by Crippen LogP contribution is 2.36. The third kappa shape index (κ3) is 5.71. The van der Waals surface area contributed by atoms with Crippen molar-refractivity contribution in [2.24, 2.45) is 5.92 Å². The van der Waals surface area contributed by atoms with Gasteiger partial charge in [0.05, 0.1) is 23.4 Å². The van der Waals surface area contributed by atoms with Crippen molar-refractivity contribution in [3.8, 4) is 17.0 Å². The highest BCUT2D eigenvalue weighted by Gasteiger charge is 2.45. The van der Waals surface area contributed by atoms with Gasteiger partial charge >= 0.3 is 0 Å². The first kappa shape index (κ1) is 31.7. The number of rotatable bonds is 9. The number of likely N-dealkylation sites (tertiary alicyclic amines) is 1. The van der Waals surface area contributed by atoms with E-state index in [1.807, 2.05) is 12.1 Å². The van der Waals surface area contributed by atoms with E-state index in [0.717, 1.165) is 73.5 Å². The summed E-state index contributed by atoms with van der Waals surface area (Å²) in [6, 6.07) is 2.89. The zero-order valence-corrected chi connectivity index (χ0v) is 28.3. The summed E-state index contributed by atoms with van der Waals surface area (Å²) in [5.41, 5.74) is 4.92. The number of piperidine rings is 2. The third-order valence-corrected chi connectivity index (χ3v) is 11.0. The number of aromatic amines is 1. The Kier molecular flexibility index (Phi) is 7.80. The number of benzene rings is 1. The molecule has 1 aromatic carbocycles. The molecule has 16 nitrogen and oxygen atoms in total. The van der Waals surface area contributed by atoms with Crippen LogP contribution in [0, 0.1) is 5.92 Å². The Morgan fingerprint density at radius 3 is 2.41 bits per heavy atom. The number of H-pyrrole nitrogens is 1. The fraction of sp³-hybridized carbons (Fsp3) is 0.486. The molecule has 3 atom stereocenters. The number of carbonyl (C=O) groups is 4. The van der Waals surface area contributed by atoms with Gasteiger partial charge in [0.15, 0.2) is 5.75 Å². The van der Waals surface area contributed by atoms with Gasteiger partial charge in [0, 0.05) is 63.5 Å². The van der Waals surface area contributed by atoms with Crippen molar-refractivity contribution >= 4 is 35.2 Å². The predicted molar refractivity (Wildman–Crippen MR) is 181 cm³/mol. The Morgan fingerprint density at radius 1 is 0.980 bits per heavy atom. The van der Waals surface area contributed by atoms with E-state index in [1.54, 1.807) is 23.2 Å². The Hall–Kier alpha value is -5.22. The van der Waals surface area contributed by atoms with E-state index >= 15 is 0 Å². The number of ether oxygens (including phenoxy) is 1. The lowest BCUT2D eigenvalue weighted by Gasteiger charge is -2.37. The van der Waals surface area contributed by atoms with Crippen molar-refractivity contribution in [1.82, 2.24) is 49.8 Å². The minimum atomic E-state index is -0.957. The van der Waals surface area contributed by atoms with E-state index < -0.39 is 23.8 Å². The first-order valence-corrected chi connectivity index (χ1v) is 17.8. The van der Waals surface area contributed by atoms with Crippen molar-refractivity contribution in [2.75, 3.05) is 31.5 Å². The Bertz CT molecular complexity index is 2010. The van der Waals surface area contributed by atoms with Gasteiger partial charge in [-0.3, -0.25) is 39.4 Å². The van der Waals surface area contributed by atoms with Crippen LogP contribution in [-0.4, -0.2) is 112 Å². The number of imide groups is 2. The predicted octanol–water partition coefficient (Wildman–Crippen LogP) is 1.99. The summed E-state index contributed by atoms with van der Waals surface area (Å²) in [6.45, 7) is 7.27. The number of nitrogens with one attached hydrogen (secondary N) is 3. The van der Waals surface area contributed by atoms with Crippen LogP contribution < -0.4 is 15.4 Å². The lowest BCUT2D eigenvalue weighted by Crippen LogP contribution is -2.54. The Labute approximate surface area is 292 Å². The first-order valence-electron chi connectivity index (χ1n) is 17.8. The first-order chi connectivity index (χ1) is 24.8. The molecule has 4 aliphatic heterocycles. The van der Waals surface area contributed by atoms with Gasteiger partial charge in [-0.15, -0.1) is 5.10 Å². The van der Waals surface area contributed by atoms with Crippen molar-refractivity contribution in [3.63, 3.8) is 0 Å².